The lowest BCUT2D eigenvalue weighted by molar-refractivity contribution is 0.384. The van der Waals surface area contributed by atoms with E-state index in [1.807, 2.05) is 6.20 Å². The molecule has 0 radical (unpaired) electrons. The molecule has 1 N–H and O–H groups in total. The van der Waals surface area contributed by atoms with Gasteiger partial charge in [-0.05, 0) is 50.2 Å². The molecule has 1 aliphatic rings. The van der Waals surface area contributed by atoms with Crippen molar-refractivity contribution in [2.45, 2.75) is 45.2 Å². The van der Waals surface area contributed by atoms with E-state index in [9.17, 15) is 0 Å². The number of hydrogen-bond acceptors (Lipinski definition) is 3. The van der Waals surface area contributed by atoms with Gasteiger partial charge in [0, 0.05) is 24.3 Å². The topological polar surface area (TPSA) is 29.9 Å². The minimum absolute atomic E-state index is 0.476. The Bertz CT molecular complexity index is 345. The Morgan fingerprint density at radius 2 is 2.28 bits per heavy atom. The number of nitrogens with zero attached hydrogens (tertiary/aromatic N) is 2. The van der Waals surface area contributed by atoms with E-state index < -0.39 is 0 Å². The Morgan fingerprint density at radius 3 is 2.94 bits per heavy atom. The second-order valence-corrected chi connectivity index (χ2v) is 6.39. The first kappa shape index (κ1) is 13.9. The minimum Gasteiger partial charge on any atom is -0.313 e. The molecule has 2 rings (SSSR count). The van der Waals surface area contributed by atoms with Gasteiger partial charge in [0.1, 0.15) is 0 Å². The second kappa shape index (κ2) is 7.19. The van der Waals surface area contributed by atoms with E-state index in [1.54, 1.807) is 0 Å². The third-order valence-electron chi connectivity index (χ3n) is 3.77. The van der Waals surface area contributed by atoms with Crippen LogP contribution < -0.4 is 5.32 Å². The highest BCUT2D eigenvalue weighted by Gasteiger charge is 2.20. The fraction of sp³-hybridized carbons (Fsp3) is 0.786. The molecule has 1 aromatic rings. The monoisotopic (exact) mass is 267 g/mol. The molecule has 1 fully saturated rings. The minimum atomic E-state index is 0.476. The normalized spacial score (nSPS) is 19.0. The van der Waals surface area contributed by atoms with Crippen molar-refractivity contribution in [3.63, 3.8) is 0 Å². The molecule has 4 heteroatoms. The maximum absolute atomic E-state index is 4.44. The lowest BCUT2D eigenvalue weighted by Crippen LogP contribution is -2.21. The Labute approximate surface area is 115 Å². The summed E-state index contributed by atoms with van der Waals surface area (Å²) in [5.41, 5.74) is 1.35. The van der Waals surface area contributed by atoms with Crippen molar-refractivity contribution >= 4 is 11.8 Å². The van der Waals surface area contributed by atoms with Gasteiger partial charge in [0.05, 0.1) is 6.20 Å². The Morgan fingerprint density at radius 1 is 1.50 bits per heavy atom. The zero-order valence-corrected chi connectivity index (χ0v) is 12.4. The Hall–Kier alpha value is -0.480. The molecule has 0 aromatic carbocycles. The first-order chi connectivity index (χ1) is 8.83. The van der Waals surface area contributed by atoms with Crippen LogP contribution in [-0.4, -0.2) is 28.3 Å². The summed E-state index contributed by atoms with van der Waals surface area (Å²) in [5, 5.41) is 7.90. The fourth-order valence-electron chi connectivity index (χ4n) is 2.65. The molecule has 1 saturated heterocycles. The van der Waals surface area contributed by atoms with Gasteiger partial charge in [-0.15, -0.1) is 0 Å². The zero-order chi connectivity index (χ0) is 12.8. The summed E-state index contributed by atoms with van der Waals surface area (Å²) < 4.78 is 2.07. The fourth-order valence-corrected chi connectivity index (χ4v) is 3.85. The average molecular weight is 267 g/mol. The molecular formula is C14H25N3S. The van der Waals surface area contributed by atoms with Gasteiger partial charge in [0.15, 0.2) is 0 Å². The van der Waals surface area contributed by atoms with Gasteiger partial charge < -0.3 is 5.32 Å². The summed E-state index contributed by atoms with van der Waals surface area (Å²) >= 11 is 2.10. The van der Waals surface area contributed by atoms with E-state index in [4.69, 9.17) is 0 Å². The van der Waals surface area contributed by atoms with Crippen LogP contribution in [0.1, 0.15) is 44.2 Å². The van der Waals surface area contributed by atoms with Crippen molar-refractivity contribution in [2.24, 2.45) is 5.92 Å². The van der Waals surface area contributed by atoms with Gasteiger partial charge in [-0.2, -0.15) is 16.9 Å². The van der Waals surface area contributed by atoms with E-state index >= 15 is 0 Å². The maximum Gasteiger partial charge on any atom is 0.0537 e. The number of aryl methyl sites for hydroxylation is 1. The van der Waals surface area contributed by atoms with Crippen LogP contribution in [0.5, 0.6) is 0 Å². The van der Waals surface area contributed by atoms with E-state index in [0.717, 1.165) is 18.9 Å². The van der Waals surface area contributed by atoms with Gasteiger partial charge in [0.2, 0.25) is 0 Å². The van der Waals surface area contributed by atoms with Crippen molar-refractivity contribution < 1.29 is 0 Å². The number of aromatic nitrogens is 2. The van der Waals surface area contributed by atoms with Crippen molar-refractivity contribution in [3.8, 4) is 0 Å². The Balaban J connectivity index is 1.93. The molecule has 0 saturated carbocycles. The van der Waals surface area contributed by atoms with Crippen molar-refractivity contribution in [2.75, 3.05) is 18.6 Å². The van der Waals surface area contributed by atoms with Crippen LogP contribution in [0.15, 0.2) is 12.4 Å². The molecule has 1 atom stereocenters. The van der Waals surface area contributed by atoms with Crippen LogP contribution in [0, 0.1) is 5.92 Å². The van der Waals surface area contributed by atoms with Gasteiger partial charge in [-0.25, -0.2) is 0 Å². The third kappa shape index (κ3) is 3.75. The number of rotatable bonds is 6. The molecule has 0 amide bonds. The summed E-state index contributed by atoms with van der Waals surface area (Å²) in [4.78, 5) is 0. The predicted molar refractivity (Wildman–Crippen MR) is 79.0 cm³/mol. The highest BCUT2D eigenvalue weighted by atomic mass is 32.2. The van der Waals surface area contributed by atoms with Gasteiger partial charge >= 0.3 is 0 Å². The number of hydrogen-bond donors (Lipinski definition) is 1. The van der Waals surface area contributed by atoms with E-state index in [-0.39, 0.29) is 0 Å². The van der Waals surface area contributed by atoms with Crippen LogP contribution in [0.25, 0.3) is 0 Å². The first-order valence-corrected chi connectivity index (χ1v) is 8.26. The van der Waals surface area contributed by atoms with Crippen LogP contribution >= 0.6 is 11.8 Å². The highest BCUT2D eigenvalue weighted by molar-refractivity contribution is 7.99. The van der Waals surface area contributed by atoms with Crippen molar-refractivity contribution in [1.82, 2.24) is 15.1 Å². The van der Waals surface area contributed by atoms with Gasteiger partial charge in [-0.3, -0.25) is 4.68 Å². The summed E-state index contributed by atoms with van der Waals surface area (Å²) in [6, 6.07) is 0.476. The Kier molecular flexibility index (Phi) is 5.57. The molecule has 18 heavy (non-hydrogen) atoms. The third-order valence-corrected chi connectivity index (χ3v) is 4.82. The largest absolute Gasteiger partial charge is 0.313 e. The number of nitrogens with one attached hydrogen (secondary N) is 1. The molecular weight excluding hydrogens is 242 g/mol. The molecule has 0 spiro atoms. The van der Waals surface area contributed by atoms with Crippen LogP contribution in [0.4, 0.5) is 0 Å². The van der Waals surface area contributed by atoms with Gasteiger partial charge in [0.25, 0.3) is 0 Å². The molecule has 2 heterocycles. The van der Waals surface area contributed by atoms with Crippen molar-refractivity contribution in [3.05, 3.63) is 18.0 Å². The van der Waals surface area contributed by atoms with Crippen LogP contribution in [-0.2, 0) is 6.54 Å². The lowest BCUT2D eigenvalue weighted by atomic mass is 9.92. The number of thioether (sulfide) groups is 1. The standard InChI is InChI=1S/C14H25N3S/c1-3-6-17-11-13(10-16-17)14(15-2)9-12-4-7-18-8-5-12/h10-12,14-15H,3-9H2,1-2H3. The molecule has 102 valence electrons. The molecule has 3 nitrogen and oxygen atoms in total. The average Bonchev–Trinajstić information content (AvgIpc) is 2.86. The summed E-state index contributed by atoms with van der Waals surface area (Å²) in [6.45, 7) is 3.22. The smallest absolute Gasteiger partial charge is 0.0537 e. The lowest BCUT2D eigenvalue weighted by Gasteiger charge is -2.25. The van der Waals surface area contributed by atoms with E-state index in [1.165, 1.54) is 36.3 Å². The van der Waals surface area contributed by atoms with Crippen molar-refractivity contribution in [1.29, 1.82) is 0 Å². The van der Waals surface area contributed by atoms with Crippen LogP contribution in [0.2, 0.25) is 0 Å². The first-order valence-electron chi connectivity index (χ1n) is 7.10. The zero-order valence-electron chi connectivity index (χ0n) is 11.6. The maximum atomic E-state index is 4.44. The van der Waals surface area contributed by atoms with E-state index in [2.05, 4.69) is 47.0 Å². The molecule has 1 unspecified atom stereocenters. The van der Waals surface area contributed by atoms with Crippen LogP contribution in [0.3, 0.4) is 0 Å². The summed E-state index contributed by atoms with van der Waals surface area (Å²) in [5.74, 6) is 3.57. The summed E-state index contributed by atoms with van der Waals surface area (Å²) in [7, 11) is 2.07. The van der Waals surface area contributed by atoms with E-state index in [0.29, 0.717) is 6.04 Å². The SMILES string of the molecule is CCCn1cc(C(CC2CCSCC2)NC)cn1. The second-order valence-electron chi connectivity index (χ2n) is 5.17. The predicted octanol–water partition coefficient (Wildman–Crippen LogP) is 3.09. The molecule has 1 aliphatic heterocycles. The highest BCUT2D eigenvalue weighted by Crippen LogP contribution is 2.30. The quantitative estimate of drug-likeness (QED) is 0.859. The summed E-state index contributed by atoms with van der Waals surface area (Å²) in [6.07, 6.45) is 9.41. The molecule has 0 aliphatic carbocycles. The van der Waals surface area contributed by atoms with Gasteiger partial charge in [-0.1, -0.05) is 6.92 Å². The molecule has 1 aromatic heterocycles. The molecule has 0 bridgehead atoms.